The van der Waals surface area contributed by atoms with Crippen LogP contribution in [0.3, 0.4) is 0 Å². The van der Waals surface area contributed by atoms with Crippen LogP contribution in [-0.2, 0) is 6.18 Å². The molecule has 1 aliphatic heterocycles. The summed E-state index contributed by atoms with van der Waals surface area (Å²) in [5.41, 5.74) is 1.05. The highest BCUT2D eigenvalue weighted by Gasteiger charge is 2.41. The zero-order valence-electron chi connectivity index (χ0n) is 14.5. The van der Waals surface area contributed by atoms with Crippen LogP contribution in [-0.4, -0.2) is 0 Å². The van der Waals surface area contributed by atoms with Gasteiger partial charge in [0.05, 0.1) is 11.3 Å². The van der Waals surface area contributed by atoms with E-state index in [0.717, 1.165) is 17.7 Å². The van der Waals surface area contributed by atoms with E-state index in [4.69, 9.17) is 4.52 Å². The quantitative estimate of drug-likeness (QED) is 0.562. The van der Waals surface area contributed by atoms with Crippen LogP contribution in [0.25, 0.3) is 11.4 Å². The molecule has 0 spiro atoms. The molecule has 0 saturated carbocycles. The summed E-state index contributed by atoms with van der Waals surface area (Å²) in [7, 11) is -3.63. The normalized spacial score (nSPS) is 18.6. The van der Waals surface area contributed by atoms with Crippen molar-refractivity contribution in [1.29, 1.82) is 0 Å². The van der Waals surface area contributed by atoms with Gasteiger partial charge in [0.1, 0.15) is 0 Å². The molecule has 0 aliphatic carbocycles. The summed E-state index contributed by atoms with van der Waals surface area (Å²) >= 11 is 0. The van der Waals surface area contributed by atoms with Crippen LogP contribution in [0, 0.1) is 0 Å². The van der Waals surface area contributed by atoms with Crippen molar-refractivity contribution in [3.05, 3.63) is 95.6 Å². The molecule has 0 saturated heterocycles. The zero-order valence-corrected chi connectivity index (χ0v) is 15.4. The lowest BCUT2D eigenvalue weighted by Gasteiger charge is -2.34. The minimum Gasteiger partial charge on any atom is -0.625 e. The Labute approximate surface area is 160 Å². The maximum Gasteiger partial charge on any atom is 0.416 e. The fraction of sp³-hybridized carbons (Fsp3) is 0.0476. The van der Waals surface area contributed by atoms with Crippen LogP contribution in [0.15, 0.2) is 78.9 Å². The van der Waals surface area contributed by atoms with Crippen molar-refractivity contribution in [3.63, 3.8) is 0 Å². The summed E-state index contributed by atoms with van der Waals surface area (Å²) in [6.45, 7) is 0. The summed E-state index contributed by atoms with van der Waals surface area (Å²) in [6, 6.07) is 20.5. The van der Waals surface area contributed by atoms with Gasteiger partial charge in [-0.05, 0) is 36.4 Å². The second-order valence-electron chi connectivity index (χ2n) is 6.26. The zero-order chi connectivity index (χ0) is 19.8. The van der Waals surface area contributed by atoms with E-state index in [0.29, 0.717) is 22.3 Å². The molecular weight excluding hydrogens is 386 g/mol. The van der Waals surface area contributed by atoms with Crippen molar-refractivity contribution in [1.82, 2.24) is 0 Å². The van der Waals surface area contributed by atoms with Crippen LogP contribution in [0.5, 0.6) is 5.75 Å². The summed E-state index contributed by atoms with van der Waals surface area (Å²) in [5, 5.41) is 3.27. The first-order valence-corrected chi connectivity index (χ1v) is 10.1. The minimum absolute atomic E-state index is 0.309. The van der Waals surface area contributed by atoms with E-state index in [1.165, 1.54) is 12.1 Å². The van der Waals surface area contributed by atoms with Crippen LogP contribution >= 0.6 is 7.87 Å². The van der Waals surface area contributed by atoms with Gasteiger partial charge in [0.25, 0.3) is 7.87 Å². The fourth-order valence-corrected chi connectivity index (χ4v) is 4.96. The van der Waals surface area contributed by atoms with Gasteiger partial charge in [-0.25, -0.2) is 5.09 Å². The summed E-state index contributed by atoms with van der Waals surface area (Å²) in [5.74, 6) is 0.399. The Bertz CT molecular complexity index is 1020. The molecule has 0 amide bonds. The third kappa shape index (κ3) is 3.61. The van der Waals surface area contributed by atoms with Crippen LogP contribution < -0.4 is 14.5 Å². The van der Waals surface area contributed by atoms with Crippen LogP contribution in [0.2, 0.25) is 0 Å². The second kappa shape index (κ2) is 6.97. The molecule has 7 heteroatoms. The monoisotopic (exact) mass is 401 g/mol. The molecule has 1 atom stereocenters. The van der Waals surface area contributed by atoms with Gasteiger partial charge in [-0.3, -0.25) is 0 Å². The van der Waals surface area contributed by atoms with E-state index in [1.54, 1.807) is 48.5 Å². The Balaban J connectivity index is 1.79. The van der Waals surface area contributed by atoms with Crippen molar-refractivity contribution in [2.75, 3.05) is 5.09 Å². The van der Waals surface area contributed by atoms with Crippen molar-refractivity contribution in [2.24, 2.45) is 0 Å². The predicted molar refractivity (Wildman–Crippen MR) is 103 cm³/mol. The third-order valence-electron chi connectivity index (χ3n) is 4.32. The molecule has 1 aliphatic rings. The summed E-state index contributed by atoms with van der Waals surface area (Å²) in [4.78, 5) is 13.8. The number of nitrogens with one attached hydrogen (secondary N) is 1. The molecule has 1 unspecified atom stereocenters. The largest absolute Gasteiger partial charge is 0.625 e. The van der Waals surface area contributed by atoms with Gasteiger partial charge in [0.2, 0.25) is 0 Å². The molecule has 4 rings (SSSR count). The lowest BCUT2D eigenvalue weighted by Crippen LogP contribution is -2.26. The highest BCUT2D eigenvalue weighted by atomic mass is 31.2. The van der Waals surface area contributed by atoms with Crippen molar-refractivity contribution in [3.8, 4) is 5.75 Å². The number of para-hydroxylation sites is 2. The highest BCUT2D eigenvalue weighted by molar-refractivity contribution is 7.76. The first-order valence-electron chi connectivity index (χ1n) is 8.47. The minimum atomic E-state index is -4.44. The van der Waals surface area contributed by atoms with Crippen LogP contribution in [0.1, 0.15) is 16.7 Å². The van der Waals surface area contributed by atoms with Crippen molar-refractivity contribution in [2.45, 2.75) is 6.18 Å². The predicted octanol–water partition coefficient (Wildman–Crippen LogP) is 5.83. The first kappa shape index (κ1) is 18.5. The Morgan fingerprint density at radius 2 is 1.46 bits per heavy atom. The molecular formula is C21H15F3NO2P. The molecule has 3 nitrogen and oxygen atoms in total. The number of rotatable bonds is 3. The van der Waals surface area contributed by atoms with Gasteiger partial charge in [-0.15, -0.1) is 0 Å². The summed E-state index contributed by atoms with van der Waals surface area (Å²) in [6.07, 6.45) is -2.74. The molecule has 3 aromatic rings. The van der Waals surface area contributed by atoms with Gasteiger partial charge < -0.3 is 9.42 Å². The Morgan fingerprint density at radius 1 is 0.821 bits per heavy atom. The van der Waals surface area contributed by atoms with E-state index in [2.05, 4.69) is 5.09 Å². The molecule has 0 radical (unpaired) electrons. The van der Waals surface area contributed by atoms with Gasteiger partial charge in [0, 0.05) is 11.1 Å². The standard InChI is InChI=1S/C21H15F3NO2P/c22-21(23,24)17-12-10-15(11-13-17)20-14-16-6-4-5-9-19(16)25-28(20,26)27-18-7-2-1-3-8-18/h1-14H,(H,25,26). The maximum absolute atomic E-state index is 13.8. The van der Waals surface area contributed by atoms with E-state index in [1.807, 2.05) is 12.1 Å². The Morgan fingerprint density at radius 3 is 2.14 bits per heavy atom. The van der Waals surface area contributed by atoms with Gasteiger partial charge in [-0.1, -0.05) is 48.5 Å². The number of anilines is 1. The SMILES string of the molecule is [O-][P+]1(Oc2ccccc2)Nc2ccccc2C=C1c1ccc(C(F)(F)F)cc1. The topological polar surface area (TPSA) is 44.3 Å². The van der Waals surface area contributed by atoms with Crippen molar-refractivity contribution < 1.29 is 22.6 Å². The smallest absolute Gasteiger partial charge is 0.416 e. The van der Waals surface area contributed by atoms with E-state index in [9.17, 15) is 18.1 Å². The van der Waals surface area contributed by atoms with E-state index < -0.39 is 19.6 Å². The lowest BCUT2D eigenvalue weighted by molar-refractivity contribution is -0.179. The van der Waals surface area contributed by atoms with Gasteiger partial charge >= 0.3 is 6.18 Å². The van der Waals surface area contributed by atoms with Gasteiger partial charge in [0.15, 0.2) is 11.1 Å². The molecule has 3 aromatic carbocycles. The number of hydrogen-bond acceptors (Lipinski definition) is 3. The first-order chi connectivity index (χ1) is 13.4. The fourth-order valence-electron chi connectivity index (χ4n) is 2.96. The molecule has 142 valence electrons. The van der Waals surface area contributed by atoms with Gasteiger partial charge in [-0.2, -0.15) is 13.2 Å². The Hall–Kier alpha value is -2.82. The summed E-state index contributed by atoms with van der Waals surface area (Å²) < 4.78 is 44.5. The number of benzene rings is 3. The maximum atomic E-state index is 13.8. The van der Waals surface area contributed by atoms with Crippen molar-refractivity contribution >= 4 is 24.9 Å². The Kier molecular flexibility index (Phi) is 4.61. The number of alkyl halides is 3. The molecule has 1 heterocycles. The lowest BCUT2D eigenvalue weighted by atomic mass is 10.1. The third-order valence-corrected chi connectivity index (χ3v) is 6.35. The molecule has 0 bridgehead atoms. The molecule has 0 aromatic heterocycles. The molecule has 1 N–H and O–H groups in total. The molecule has 0 fully saturated rings. The van der Waals surface area contributed by atoms with E-state index in [-0.39, 0.29) is 0 Å². The average molecular weight is 401 g/mol. The number of fused-ring (bicyclic) bond motifs is 1. The molecule has 28 heavy (non-hydrogen) atoms. The van der Waals surface area contributed by atoms with Crippen LogP contribution in [0.4, 0.5) is 18.9 Å². The highest BCUT2D eigenvalue weighted by Crippen LogP contribution is 2.65. The number of hydrogen-bond donors (Lipinski definition) is 1. The average Bonchev–Trinajstić information content (AvgIpc) is 2.67. The second-order valence-corrected chi connectivity index (χ2v) is 8.25. The number of halogens is 3. The van der Waals surface area contributed by atoms with E-state index >= 15 is 0 Å².